The van der Waals surface area contributed by atoms with Crippen LogP contribution in [0.4, 0.5) is 5.82 Å². The molecule has 0 aliphatic heterocycles. The fourth-order valence-electron chi connectivity index (χ4n) is 2.07. The molecule has 0 aliphatic rings. The molecule has 2 heterocycles. The van der Waals surface area contributed by atoms with Crippen LogP contribution in [0, 0.1) is 0 Å². The molecule has 0 amide bonds. The van der Waals surface area contributed by atoms with Crippen LogP contribution in [-0.2, 0) is 0 Å². The van der Waals surface area contributed by atoms with Gasteiger partial charge in [-0.25, -0.2) is 19.9 Å². The summed E-state index contributed by atoms with van der Waals surface area (Å²) in [5.74, 6) is 0.731. The first-order chi connectivity index (χ1) is 10.3. The largest absolute Gasteiger partial charge is 0.362 e. The van der Waals surface area contributed by atoms with E-state index in [0.29, 0.717) is 5.16 Å². The molecule has 106 valence electrons. The molecular formula is C15H15N5S. The summed E-state index contributed by atoms with van der Waals surface area (Å²) in [6.45, 7) is 2.10. The number of aromatic nitrogens is 4. The third-order valence-electron chi connectivity index (χ3n) is 3.19. The van der Waals surface area contributed by atoms with E-state index < -0.39 is 0 Å². The number of hydrogen-bond donors (Lipinski definition) is 1. The van der Waals surface area contributed by atoms with Crippen molar-refractivity contribution in [2.75, 3.05) is 11.6 Å². The zero-order chi connectivity index (χ0) is 14.7. The smallest absolute Gasteiger partial charge is 0.188 e. The van der Waals surface area contributed by atoms with Crippen LogP contribution in [0.5, 0.6) is 0 Å². The number of nitrogens with zero attached hydrogens (tertiary/aromatic N) is 4. The van der Waals surface area contributed by atoms with E-state index in [0.717, 1.165) is 16.9 Å². The van der Waals surface area contributed by atoms with Crippen molar-refractivity contribution in [1.29, 1.82) is 0 Å². The lowest BCUT2D eigenvalue weighted by molar-refractivity contribution is 0.872. The van der Waals surface area contributed by atoms with Crippen LogP contribution in [0.2, 0.25) is 0 Å². The Morgan fingerprint density at radius 3 is 2.67 bits per heavy atom. The van der Waals surface area contributed by atoms with E-state index >= 15 is 0 Å². The van der Waals surface area contributed by atoms with Gasteiger partial charge in [0.05, 0.1) is 12.2 Å². The standard InChI is InChI=1S/C15H15N5S/c1-10(11-6-4-3-5-7-11)19-14-13-12(17-9-18-14)8-16-15(20-13)21-2/h3-10H,1-2H3,(H,17,18,19). The van der Waals surface area contributed by atoms with Crippen LogP contribution in [-0.4, -0.2) is 26.2 Å². The zero-order valence-electron chi connectivity index (χ0n) is 11.8. The average Bonchev–Trinajstić information content (AvgIpc) is 2.55. The lowest BCUT2D eigenvalue weighted by Gasteiger charge is -2.15. The highest BCUT2D eigenvalue weighted by atomic mass is 32.2. The first kappa shape index (κ1) is 13.8. The summed E-state index contributed by atoms with van der Waals surface area (Å²) in [4.78, 5) is 17.3. The number of benzene rings is 1. The summed E-state index contributed by atoms with van der Waals surface area (Å²) in [7, 11) is 0. The summed E-state index contributed by atoms with van der Waals surface area (Å²) >= 11 is 1.50. The molecule has 0 saturated carbocycles. The van der Waals surface area contributed by atoms with Gasteiger partial charge in [0.25, 0.3) is 0 Å². The monoisotopic (exact) mass is 297 g/mol. The van der Waals surface area contributed by atoms with E-state index in [1.54, 1.807) is 6.20 Å². The van der Waals surface area contributed by atoms with Gasteiger partial charge in [0.2, 0.25) is 0 Å². The Kier molecular flexibility index (Phi) is 3.96. The molecule has 1 N–H and O–H groups in total. The van der Waals surface area contributed by atoms with Crippen molar-refractivity contribution in [3.05, 3.63) is 48.4 Å². The molecule has 3 aromatic rings. The molecule has 2 aromatic heterocycles. The molecule has 6 heteroatoms. The summed E-state index contributed by atoms with van der Waals surface area (Å²) in [5.41, 5.74) is 2.69. The summed E-state index contributed by atoms with van der Waals surface area (Å²) in [6, 6.07) is 10.4. The number of hydrogen-bond acceptors (Lipinski definition) is 6. The minimum Gasteiger partial charge on any atom is -0.362 e. The summed E-state index contributed by atoms with van der Waals surface area (Å²) < 4.78 is 0. The molecular weight excluding hydrogens is 282 g/mol. The third kappa shape index (κ3) is 2.95. The SMILES string of the molecule is CSc1ncc2ncnc(NC(C)c3ccccc3)c2n1. The van der Waals surface area contributed by atoms with Crippen LogP contribution < -0.4 is 5.32 Å². The number of rotatable bonds is 4. The lowest BCUT2D eigenvalue weighted by atomic mass is 10.1. The van der Waals surface area contributed by atoms with E-state index in [1.165, 1.54) is 23.7 Å². The van der Waals surface area contributed by atoms with Crippen LogP contribution in [0.25, 0.3) is 11.0 Å². The fraction of sp³-hybridized carbons (Fsp3) is 0.200. The Morgan fingerprint density at radius 1 is 1.10 bits per heavy atom. The minimum absolute atomic E-state index is 0.136. The quantitative estimate of drug-likeness (QED) is 0.589. The van der Waals surface area contributed by atoms with Gasteiger partial charge in [-0.05, 0) is 18.7 Å². The first-order valence-electron chi connectivity index (χ1n) is 6.61. The second-order valence-electron chi connectivity index (χ2n) is 4.59. The van der Waals surface area contributed by atoms with E-state index in [-0.39, 0.29) is 6.04 Å². The van der Waals surface area contributed by atoms with Gasteiger partial charge in [-0.15, -0.1) is 0 Å². The molecule has 1 unspecified atom stereocenters. The number of anilines is 1. The van der Waals surface area contributed by atoms with Crippen molar-refractivity contribution in [2.45, 2.75) is 18.1 Å². The molecule has 0 aliphatic carbocycles. The molecule has 0 spiro atoms. The highest BCUT2D eigenvalue weighted by molar-refractivity contribution is 7.98. The van der Waals surface area contributed by atoms with Crippen molar-refractivity contribution in [2.24, 2.45) is 0 Å². The molecule has 0 fully saturated rings. The minimum atomic E-state index is 0.136. The maximum absolute atomic E-state index is 4.50. The molecule has 0 bridgehead atoms. The summed E-state index contributed by atoms with van der Waals surface area (Å²) in [5, 5.41) is 4.12. The van der Waals surface area contributed by atoms with Gasteiger partial charge in [0, 0.05) is 0 Å². The molecule has 1 atom stereocenters. The number of nitrogens with one attached hydrogen (secondary N) is 1. The van der Waals surface area contributed by atoms with Crippen molar-refractivity contribution >= 4 is 28.6 Å². The predicted octanol–water partition coefficient (Wildman–Crippen LogP) is 3.31. The Hall–Kier alpha value is -2.21. The predicted molar refractivity (Wildman–Crippen MR) is 85.4 cm³/mol. The highest BCUT2D eigenvalue weighted by Crippen LogP contribution is 2.23. The van der Waals surface area contributed by atoms with Crippen LogP contribution >= 0.6 is 11.8 Å². The molecule has 5 nitrogen and oxygen atoms in total. The molecule has 21 heavy (non-hydrogen) atoms. The fourth-order valence-corrected chi connectivity index (χ4v) is 2.41. The van der Waals surface area contributed by atoms with E-state index in [4.69, 9.17) is 0 Å². The van der Waals surface area contributed by atoms with Crippen LogP contribution in [0.1, 0.15) is 18.5 Å². The Morgan fingerprint density at radius 2 is 1.90 bits per heavy atom. The molecule has 1 aromatic carbocycles. The van der Waals surface area contributed by atoms with Crippen LogP contribution in [0.15, 0.2) is 48.0 Å². The third-order valence-corrected chi connectivity index (χ3v) is 3.75. The average molecular weight is 297 g/mol. The van der Waals surface area contributed by atoms with Gasteiger partial charge in [0.1, 0.15) is 17.4 Å². The van der Waals surface area contributed by atoms with Gasteiger partial charge in [-0.1, -0.05) is 42.1 Å². The summed E-state index contributed by atoms with van der Waals surface area (Å²) in [6.07, 6.45) is 5.21. The van der Waals surface area contributed by atoms with Crippen LogP contribution in [0.3, 0.4) is 0 Å². The maximum atomic E-state index is 4.50. The van der Waals surface area contributed by atoms with E-state index in [1.807, 2.05) is 24.5 Å². The highest BCUT2D eigenvalue weighted by Gasteiger charge is 2.11. The lowest BCUT2D eigenvalue weighted by Crippen LogP contribution is -2.09. The van der Waals surface area contributed by atoms with Crippen molar-refractivity contribution in [1.82, 2.24) is 19.9 Å². The normalized spacial score (nSPS) is 12.3. The van der Waals surface area contributed by atoms with Gasteiger partial charge in [-0.3, -0.25) is 0 Å². The second kappa shape index (κ2) is 6.05. The maximum Gasteiger partial charge on any atom is 0.188 e. The van der Waals surface area contributed by atoms with E-state index in [2.05, 4.69) is 44.3 Å². The topological polar surface area (TPSA) is 63.6 Å². The molecule has 0 radical (unpaired) electrons. The molecule has 0 saturated heterocycles. The second-order valence-corrected chi connectivity index (χ2v) is 5.36. The first-order valence-corrected chi connectivity index (χ1v) is 7.83. The number of thioether (sulfide) groups is 1. The van der Waals surface area contributed by atoms with Crippen molar-refractivity contribution in [3.63, 3.8) is 0 Å². The van der Waals surface area contributed by atoms with E-state index in [9.17, 15) is 0 Å². The van der Waals surface area contributed by atoms with Gasteiger partial charge < -0.3 is 5.32 Å². The van der Waals surface area contributed by atoms with Gasteiger partial charge >= 0.3 is 0 Å². The molecule has 3 rings (SSSR count). The van der Waals surface area contributed by atoms with Gasteiger partial charge in [0.15, 0.2) is 11.0 Å². The Balaban J connectivity index is 1.96. The van der Waals surface area contributed by atoms with Gasteiger partial charge in [-0.2, -0.15) is 0 Å². The zero-order valence-corrected chi connectivity index (χ0v) is 12.6. The van der Waals surface area contributed by atoms with Crippen molar-refractivity contribution in [3.8, 4) is 0 Å². The van der Waals surface area contributed by atoms with Crippen molar-refractivity contribution < 1.29 is 0 Å². The Bertz CT molecular complexity index is 747. The Labute approximate surface area is 127 Å². The number of fused-ring (bicyclic) bond motifs is 1.